The highest BCUT2D eigenvalue weighted by Crippen LogP contribution is 2.42. The summed E-state index contributed by atoms with van der Waals surface area (Å²) in [5, 5.41) is 61.3. The second kappa shape index (κ2) is 10.5. The molecule has 0 heterocycles. The molecular weight excluding hydrogens is 440 g/mol. The molecule has 0 radical (unpaired) electrons. The van der Waals surface area contributed by atoms with E-state index in [1.165, 1.54) is 25.3 Å². The molecule has 0 saturated heterocycles. The molecule has 184 valence electrons. The van der Waals surface area contributed by atoms with E-state index in [0.717, 1.165) is 17.7 Å². The van der Waals surface area contributed by atoms with Gasteiger partial charge in [-0.2, -0.15) is 0 Å². The second-order valence-electron chi connectivity index (χ2n) is 9.00. The molecule has 34 heavy (non-hydrogen) atoms. The van der Waals surface area contributed by atoms with Crippen LogP contribution in [-0.4, -0.2) is 49.1 Å². The number of aliphatic hydroxyl groups excluding tert-OH is 1. The third kappa shape index (κ3) is 6.45. The molecule has 1 atom stereocenters. The monoisotopic (exact) mass is 472 g/mol. The normalized spacial score (nSPS) is 12.9. The number of hydrogen-bond donors (Lipinski definition) is 6. The van der Waals surface area contributed by atoms with Gasteiger partial charge in [-0.15, -0.1) is 0 Å². The van der Waals surface area contributed by atoms with E-state index >= 15 is 0 Å². The lowest BCUT2D eigenvalue weighted by Crippen LogP contribution is -2.21. The highest BCUT2D eigenvalue weighted by Gasteiger charge is 2.28. The van der Waals surface area contributed by atoms with Gasteiger partial charge in [0.15, 0.2) is 5.76 Å². The Hall–Kier alpha value is -3.65. The molecule has 0 spiro atoms. The minimum atomic E-state index is -0.994. The molecule has 1 unspecified atom stereocenters. The molecule has 0 aliphatic carbocycles. The number of ketones is 1. The van der Waals surface area contributed by atoms with Crippen LogP contribution in [0, 0.1) is 5.92 Å². The molecule has 0 aliphatic rings. The van der Waals surface area contributed by atoms with Crippen molar-refractivity contribution in [3.05, 3.63) is 58.9 Å². The van der Waals surface area contributed by atoms with Gasteiger partial charge in [-0.3, -0.25) is 4.79 Å². The maximum atomic E-state index is 13.0. The van der Waals surface area contributed by atoms with E-state index < -0.39 is 22.9 Å². The van der Waals surface area contributed by atoms with Gasteiger partial charge < -0.3 is 35.4 Å². The van der Waals surface area contributed by atoms with Gasteiger partial charge >= 0.3 is 0 Å². The van der Waals surface area contributed by atoms with Crippen LogP contribution >= 0.6 is 0 Å². The fraction of sp³-hybridized carbons (Fsp3) is 0.346. The molecule has 8 nitrogen and oxygen atoms in total. The number of aromatic hydroxyl groups is 4. The predicted octanol–water partition coefficient (Wildman–Crippen LogP) is 4.59. The molecule has 0 saturated carbocycles. The van der Waals surface area contributed by atoms with Gasteiger partial charge in [0.25, 0.3) is 0 Å². The third-order valence-electron chi connectivity index (χ3n) is 5.58. The topological polar surface area (TPSA) is 148 Å². The van der Waals surface area contributed by atoms with Gasteiger partial charge in [0.1, 0.15) is 34.3 Å². The van der Waals surface area contributed by atoms with Crippen LogP contribution in [0.2, 0.25) is 0 Å². The molecule has 0 bridgehead atoms. The number of rotatable bonds is 10. The number of aliphatic hydroxyl groups is 2. The SMILES string of the molecule is C=C(C)C(CCC(C)(C)O)Cc1c(O)cc(OC)c(C(=O)/C(O)=C/c2ccc(O)cc2O)c1O. The first-order chi connectivity index (χ1) is 15.7. The first-order valence-corrected chi connectivity index (χ1v) is 10.7. The zero-order chi connectivity index (χ0) is 25.8. The molecule has 2 aromatic rings. The van der Waals surface area contributed by atoms with Crippen LogP contribution in [-0.2, 0) is 6.42 Å². The van der Waals surface area contributed by atoms with E-state index in [-0.39, 0.29) is 52.0 Å². The lowest BCUT2D eigenvalue weighted by atomic mass is 9.85. The Balaban J connectivity index is 2.50. The highest BCUT2D eigenvalue weighted by molar-refractivity contribution is 6.13. The van der Waals surface area contributed by atoms with Crippen molar-refractivity contribution >= 4 is 11.9 Å². The molecule has 2 aromatic carbocycles. The van der Waals surface area contributed by atoms with Crippen molar-refractivity contribution < 1.29 is 40.2 Å². The molecule has 0 aliphatic heterocycles. The van der Waals surface area contributed by atoms with Gasteiger partial charge in [-0.25, -0.2) is 0 Å². The quantitative estimate of drug-likeness (QED) is 0.127. The predicted molar refractivity (Wildman–Crippen MR) is 129 cm³/mol. The van der Waals surface area contributed by atoms with Crippen molar-refractivity contribution in [1.29, 1.82) is 0 Å². The lowest BCUT2D eigenvalue weighted by molar-refractivity contribution is 0.0650. The fourth-order valence-electron chi connectivity index (χ4n) is 3.55. The molecular formula is C26H32O8. The first-order valence-electron chi connectivity index (χ1n) is 10.7. The molecule has 0 fully saturated rings. The number of Topliss-reactive ketones (excluding diaryl/α,β-unsaturated/α-hetero) is 1. The van der Waals surface area contributed by atoms with Gasteiger partial charge in [0, 0.05) is 23.3 Å². The lowest BCUT2D eigenvalue weighted by Gasteiger charge is -2.24. The van der Waals surface area contributed by atoms with Gasteiger partial charge in [-0.1, -0.05) is 12.2 Å². The first kappa shape index (κ1) is 26.6. The number of carbonyl (C=O) groups is 1. The van der Waals surface area contributed by atoms with E-state index in [9.17, 15) is 35.4 Å². The smallest absolute Gasteiger partial charge is 0.234 e. The molecule has 8 heteroatoms. The van der Waals surface area contributed by atoms with Gasteiger partial charge in [0.2, 0.25) is 5.78 Å². The van der Waals surface area contributed by atoms with E-state index in [4.69, 9.17) is 4.74 Å². The Morgan fingerprint density at radius 3 is 2.32 bits per heavy atom. The Morgan fingerprint density at radius 1 is 1.15 bits per heavy atom. The number of benzene rings is 2. The highest BCUT2D eigenvalue weighted by atomic mass is 16.5. The number of hydrogen-bond acceptors (Lipinski definition) is 8. The summed E-state index contributed by atoms with van der Waals surface area (Å²) in [6.07, 6.45) is 2.10. The second-order valence-corrected chi connectivity index (χ2v) is 9.00. The number of methoxy groups -OCH3 is 1. The molecule has 0 aromatic heterocycles. The maximum Gasteiger partial charge on any atom is 0.234 e. The number of phenolic OH excluding ortho intramolecular Hbond substituents is 4. The van der Waals surface area contributed by atoms with Crippen molar-refractivity contribution in [1.82, 2.24) is 0 Å². The summed E-state index contributed by atoms with van der Waals surface area (Å²) < 4.78 is 5.16. The zero-order valence-corrected chi connectivity index (χ0v) is 19.8. The van der Waals surface area contributed by atoms with Gasteiger partial charge in [-0.05, 0) is 64.2 Å². The average Bonchev–Trinajstić information content (AvgIpc) is 2.73. The summed E-state index contributed by atoms with van der Waals surface area (Å²) in [6, 6.07) is 4.80. The van der Waals surface area contributed by atoms with Crippen molar-refractivity contribution in [3.63, 3.8) is 0 Å². The van der Waals surface area contributed by atoms with Crippen LogP contribution in [0.15, 0.2) is 42.2 Å². The van der Waals surface area contributed by atoms with Crippen LogP contribution < -0.4 is 4.74 Å². The fourth-order valence-corrected chi connectivity index (χ4v) is 3.55. The largest absolute Gasteiger partial charge is 0.508 e. The Kier molecular flexibility index (Phi) is 8.23. The minimum Gasteiger partial charge on any atom is -0.508 e. The molecule has 6 N–H and O–H groups in total. The Labute approximate surface area is 198 Å². The number of ether oxygens (including phenoxy) is 1. The molecule has 0 amide bonds. The summed E-state index contributed by atoms with van der Waals surface area (Å²) in [5.41, 5.74) is -0.347. The van der Waals surface area contributed by atoms with Crippen molar-refractivity contribution in [2.75, 3.05) is 7.11 Å². The van der Waals surface area contributed by atoms with Crippen molar-refractivity contribution in [2.24, 2.45) is 5.92 Å². The minimum absolute atomic E-state index is 0.0649. The Morgan fingerprint density at radius 2 is 1.79 bits per heavy atom. The van der Waals surface area contributed by atoms with Crippen LogP contribution in [0.25, 0.3) is 6.08 Å². The van der Waals surface area contributed by atoms with E-state index in [2.05, 4.69) is 6.58 Å². The summed E-state index contributed by atoms with van der Waals surface area (Å²) in [5.74, 6) is -3.56. The summed E-state index contributed by atoms with van der Waals surface area (Å²) in [6.45, 7) is 9.13. The van der Waals surface area contributed by atoms with Crippen LogP contribution in [0.3, 0.4) is 0 Å². The number of carbonyl (C=O) groups excluding carboxylic acids is 1. The van der Waals surface area contributed by atoms with Crippen molar-refractivity contribution in [3.8, 4) is 28.7 Å². The summed E-state index contributed by atoms with van der Waals surface area (Å²) in [7, 11) is 1.25. The van der Waals surface area contributed by atoms with Crippen LogP contribution in [0.4, 0.5) is 0 Å². The maximum absolute atomic E-state index is 13.0. The summed E-state index contributed by atoms with van der Waals surface area (Å²) in [4.78, 5) is 13.0. The average molecular weight is 473 g/mol. The third-order valence-corrected chi connectivity index (χ3v) is 5.58. The Bertz CT molecular complexity index is 1110. The van der Waals surface area contributed by atoms with Crippen LogP contribution in [0.5, 0.6) is 28.7 Å². The van der Waals surface area contributed by atoms with E-state index in [1.807, 2.05) is 0 Å². The zero-order valence-electron chi connectivity index (χ0n) is 19.8. The van der Waals surface area contributed by atoms with E-state index in [0.29, 0.717) is 12.8 Å². The standard InChI is InChI=1S/C26H32O8/c1-14(2)15(8-9-26(3,4)33)10-18-20(29)13-22(34-5)23(24(18)31)25(32)21(30)11-16-6-7-17(27)12-19(16)28/h6-7,11-13,15,27-31,33H,1,8-10H2,2-5H3/b21-11-. The van der Waals surface area contributed by atoms with Crippen LogP contribution in [0.1, 0.15) is 55.1 Å². The van der Waals surface area contributed by atoms with E-state index in [1.54, 1.807) is 20.8 Å². The number of phenols is 4. The van der Waals surface area contributed by atoms with Gasteiger partial charge in [0.05, 0.1) is 12.7 Å². The summed E-state index contributed by atoms with van der Waals surface area (Å²) >= 11 is 0. The molecule has 2 rings (SSSR count). The van der Waals surface area contributed by atoms with Crippen molar-refractivity contribution in [2.45, 2.75) is 45.6 Å². The number of allylic oxidation sites excluding steroid dienone is 2.